The molecule has 2 heteroatoms. The molecule has 13 heavy (non-hydrogen) atoms. The van der Waals surface area contributed by atoms with E-state index in [-0.39, 0.29) is 0 Å². The largest absolute Gasteiger partial charge is 0.496 e. The molecule has 0 atom stereocenters. The van der Waals surface area contributed by atoms with Gasteiger partial charge in [-0.05, 0) is 48.9 Å². The van der Waals surface area contributed by atoms with E-state index < -0.39 is 0 Å². The molecule has 0 aromatic heterocycles. The van der Waals surface area contributed by atoms with Gasteiger partial charge >= 0.3 is 0 Å². The summed E-state index contributed by atoms with van der Waals surface area (Å²) in [5.41, 5.74) is 2.62. The summed E-state index contributed by atoms with van der Waals surface area (Å²) in [6, 6.07) is 3.90. The van der Waals surface area contributed by atoms with Crippen LogP contribution in [0.4, 0.5) is 0 Å². The number of fused-ring (bicyclic) bond motifs is 1. The average molecular weight is 197 g/mol. The van der Waals surface area contributed by atoms with Gasteiger partial charge in [-0.3, -0.25) is 0 Å². The highest BCUT2D eigenvalue weighted by Crippen LogP contribution is 2.34. The van der Waals surface area contributed by atoms with Gasteiger partial charge in [0, 0.05) is 5.02 Å². The quantitative estimate of drug-likeness (QED) is 0.670. The number of benzene rings is 1. The van der Waals surface area contributed by atoms with Gasteiger partial charge in [0.1, 0.15) is 5.75 Å². The Bertz CT molecular complexity index is 320. The number of methoxy groups -OCH3 is 1. The van der Waals surface area contributed by atoms with Gasteiger partial charge in [0.15, 0.2) is 0 Å². The van der Waals surface area contributed by atoms with E-state index in [0.717, 1.165) is 23.6 Å². The molecule has 0 saturated carbocycles. The van der Waals surface area contributed by atoms with Gasteiger partial charge in [0.2, 0.25) is 0 Å². The van der Waals surface area contributed by atoms with Crippen molar-refractivity contribution in [3.05, 3.63) is 28.3 Å². The molecule has 1 aromatic carbocycles. The zero-order valence-corrected chi connectivity index (χ0v) is 8.53. The van der Waals surface area contributed by atoms with Crippen molar-refractivity contribution in [1.29, 1.82) is 0 Å². The molecule has 1 nitrogen and oxygen atoms in total. The first-order valence-corrected chi connectivity index (χ1v) is 5.05. The maximum absolute atomic E-state index is 6.12. The zero-order valence-electron chi connectivity index (χ0n) is 7.77. The van der Waals surface area contributed by atoms with Crippen LogP contribution >= 0.6 is 11.6 Å². The van der Waals surface area contributed by atoms with E-state index in [1.54, 1.807) is 7.11 Å². The minimum Gasteiger partial charge on any atom is -0.496 e. The van der Waals surface area contributed by atoms with Gasteiger partial charge < -0.3 is 4.74 Å². The zero-order chi connectivity index (χ0) is 9.26. The third-order valence-corrected chi connectivity index (χ3v) is 3.01. The molecule has 0 bridgehead atoms. The standard InChI is InChI=1S/C11H13ClO/c1-13-11-7-6-10(12)8-4-2-3-5-9(8)11/h6-7H,2-5H2,1H3. The maximum Gasteiger partial charge on any atom is 0.122 e. The summed E-state index contributed by atoms with van der Waals surface area (Å²) in [4.78, 5) is 0. The van der Waals surface area contributed by atoms with Crippen LogP contribution in [0.25, 0.3) is 0 Å². The first-order chi connectivity index (χ1) is 6.33. The lowest BCUT2D eigenvalue weighted by molar-refractivity contribution is 0.406. The summed E-state index contributed by atoms with van der Waals surface area (Å²) >= 11 is 6.12. The number of halogens is 1. The summed E-state index contributed by atoms with van der Waals surface area (Å²) < 4.78 is 5.31. The predicted molar refractivity (Wildman–Crippen MR) is 54.6 cm³/mol. The Morgan fingerprint density at radius 3 is 2.54 bits per heavy atom. The van der Waals surface area contributed by atoms with Crippen LogP contribution in [-0.4, -0.2) is 7.11 Å². The van der Waals surface area contributed by atoms with Crippen molar-refractivity contribution in [2.45, 2.75) is 25.7 Å². The topological polar surface area (TPSA) is 9.23 Å². The van der Waals surface area contributed by atoms with Crippen molar-refractivity contribution in [3.63, 3.8) is 0 Å². The van der Waals surface area contributed by atoms with Crippen LogP contribution in [0.1, 0.15) is 24.0 Å². The summed E-state index contributed by atoms with van der Waals surface area (Å²) in [6.45, 7) is 0. The van der Waals surface area contributed by atoms with Crippen LogP contribution in [0.15, 0.2) is 12.1 Å². The van der Waals surface area contributed by atoms with Crippen molar-refractivity contribution in [3.8, 4) is 5.75 Å². The minimum absolute atomic E-state index is 0.899. The lowest BCUT2D eigenvalue weighted by atomic mass is 9.91. The first-order valence-electron chi connectivity index (χ1n) is 4.67. The summed E-state index contributed by atoms with van der Waals surface area (Å²) in [7, 11) is 1.72. The molecule has 1 aliphatic rings. The van der Waals surface area contributed by atoms with Gasteiger partial charge in [-0.2, -0.15) is 0 Å². The number of hydrogen-bond donors (Lipinski definition) is 0. The molecule has 0 aliphatic heterocycles. The Morgan fingerprint density at radius 2 is 1.85 bits per heavy atom. The Kier molecular flexibility index (Phi) is 2.45. The van der Waals surface area contributed by atoms with E-state index in [4.69, 9.17) is 16.3 Å². The smallest absolute Gasteiger partial charge is 0.122 e. The monoisotopic (exact) mass is 196 g/mol. The fourth-order valence-electron chi connectivity index (χ4n) is 1.98. The van der Waals surface area contributed by atoms with Crippen molar-refractivity contribution in [2.75, 3.05) is 7.11 Å². The highest BCUT2D eigenvalue weighted by atomic mass is 35.5. The Hall–Kier alpha value is -0.690. The molecule has 0 unspecified atom stereocenters. The SMILES string of the molecule is COc1ccc(Cl)c2c1CCCC2. The molecule has 0 N–H and O–H groups in total. The van der Waals surface area contributed by atoms with Crippen molar-refractivity contribution < 1.29 is 4.74 Å². The fourth-order valence-corrected chi connectivity index (χ4v) is 2.25. The van der Waals surface area contributed by atoms with Crippen LogP contribution < -0.4 is 4.74 Å². The second kappa shape index (κ2) is 3.59. The maximum atomic E-state index is 6.12. The van der Waals surface area contributed by atoms with Gasteiger partial charge in [0.25, 0.3) is 0 Å². The molecule has 1 aromatic rings. The second-order valence-electron chi connectivity index (χ2n) is 3.41. The van der Waals surface area contributed by atoms with Gasteiger partial charge in [-0.15, -0.1) is 0 Å². The third-order valence-electron chi connectivity index (χ3n) is 2.65. The van der Waals surface area contributed by atoms with Crippen LogP contribution in [0.3, 0.4) is 0 Å². The molecule has 0 heterocycles. The summed E-state index contributed by atoms with van der Waals surface area (Å²) in [5.74, 6) is 0.999. The second-order valence-corrected chi connectivity index (χ2v) is 3.82. The summed E-state index contributed by atoms with van der Waals surface area (Å²) in [6.07, 6.45) is 4.72. The molecule has 0 radical (unpaired) electrons. The van der Waals surface area contributed by atoms with Crippen LogP contribution in [0.5, 0.6) is 5.75 Å². The van der Waals surface area contributed by atoms with Crippen LogP contribution in [0, 0.1) is 0 Å². The normalized spacial score (nSPS) is 15.2. The first kappa shape index (κ1) is 8.89. The molecular weight excluding hydrogens is 184 g/mol. The molecule has 0 fully saturated rings. The molecule has 0 amide bonds. The Morgan fingerprint density at radius 1 is 1.15 bits per heavy atom. The molecule has 2 rings (SSSR count). The lowest BCUT2D eigenvalue weighted by Crippen LogP contribution is -2.05. The van der Waals surface area contributed by atoms with Gasteiger partial charge in [-0.1, -0.05) is 11.6 Å². The minimum atomic E-state index is 0.899. The molecular formula is C11H13ClO. The van der Waals surface area contributed by atoms with Crippen molar-refractivity contribution in [1.82, 2.24) is 0 Å². The number of ether oxygens (including phenoxy) is 1. The number of hydrogen-bond acceptors (Lipinski definition) is 1. The summed E-state index contributed by atoms with van der Waals surface area (Å²) in [5, 5.41) is 0.899. The lowest BCUT2D eigenvalue weighted by Gasteiger charge is -2.19. The van der Waals surface area contributed by atoms with Crippen molar-refractivity contribution in [2.24, 2.45) is 0 Å². The molecule has 70 valence electrons. The Labute approximate surface area is 83.7 Å². The molecule has 1 aliphatic carbocycles. The van der Waals surface area contributed by atoms with E-state index in [1.807, 2.05) is 12.1 Å². The van der Waals surface area contributed by atoms with E-state index >= 15 is 0 Å². The number of rotatable bonds is 1. The van der Waals surface area contributed by atoms with Crippen LogP contribution in [0.2, 0.25) is 5.02 Å². The third kappa shape index (κ3) is 1.53. The highest BCUT2D eigenvalue weighted by molar-refractivity contribution is 6.31. The van der Waals surface area contributed by atoms with E-state index in [0.29, 0.717) is 0 Å². The highest BCUT2D eigenvalue weighted by Gasteiger charge is 2.16. The fraction of sp³-hybridized carbons (Fsp3) is 0.455. The van der Waals surface area contributed by atoms with Crippen LogP contribution in [-0.2, 0) is 12.8 Å². The van der Waals surface area contributed by atoms with Crippen molar-refractivity contribution >= 4 is 11.6 Å². The van der Waals surface area contributed by atoms with Gasteiger partial charge in [-0.25, -0.2) is 0 Å². The van der Waals surface area contributed by atoms with E-state index in [2.05, 4.69) is 0 Å². The molecule has 0 saturated heterocycles. The van der Waals surface area contributed by atoms with Gasteiger partial charge in [0.05, 0.1) is 7.11 Å². The van der Waals surface area contributed by atoms with E-state index in [9.17, 15) is 0 Å². The predicted octanol–water partition coefficient (Wildman–Crippen LogP) is 3.23. The Balaban J connectivity index is 2.52. The molecule has 0 spiro atoms. The van der Waals surface area contributed by atoms with E-state index in [1.165, 1.54) is 24.0 Å². The average Bonchev–Trinajstić information content (AvgIpc) is 2.19.